The van der Waals surface area contributed by atoms with E-state index in [1.807, 2.05) is 23.6 Å². The van der Waals surface area contributed by atoms with Crippen LogP contribution in [0.5, 0.6) is 0 Å². The SMILES string of the molecule is O=C(O)CCCC=CC[C@@H]1[C@@H](C=C[C@@H](O)CCc2cc(Br)cs2)[C@H](O)C[C@@H]1O. The van der Waals surface area contributed by atoms with Crippen LogP contribution >= 0.6 is 27.3 Å². The zero-order chi connectivity index (χ0) is 20.5. The van der Waals surface area contributed by atoms with E-state index in [-0.39, 0.29) is 18.3 Å². The number of aliphatic hydroxyl groups is 3. The van der Waals surface area contributed by atoms with Crippen molar-refractivity contribution in [3.63, 3.8) is 0 Å². The van der Waals surface area contributed by atoms with Gasteiger partial charge in [0.2, 0.25) is 0 Å². The first-order valence-electron chi connectivity index (χ1n) is 9.69. The van der Waals surface area contributed by atoms with Crippen LogP contribution in [0.2, 0.25) is 0 Å². The molecular formula is C21H29BrO5S. The lowest BCUT2D eigenvalue weighted by atomic mass is 9.89. The Kier molecular flexibility index (Phi) is 9.88. The molecule has 7 heteroatoms. The van der Waals surface area contributed by atoms with Crippen molar-refractivity contribution >= 4 is 33.2 Å². The lowest BCUT2D eigenvalue weighted by Crippen LogP contribution is -2.20. The smallest absolute Gasteiger partial charge is 0.303 e. The minimum Gasteiger partial charge on any atom is -0.481 e. The fourth-order valence-corrected chi connectivity index (χ4v) is 5.05. The first kappa shape index (κ1) is 23.3. The summed E-state index contributed by atoms with van der Waals surface area (Å²) in [5.74, 6) is -1.08. The van der Waals surface area contributed by atoms with Crippen LogP contribution in [-0.2, 0) is 11.2 Å². The van der Waals surface area contributed by atoms with Gasteiger partial charge in [-0.2, -0.15) is 0 Å². The third-order valence-corrected chi connectivity index (χ3v) is 6.87. The molecule has 28 heavy (non-hydrogen) atoms. The Morgan fingerprint density at radius 2 is 2.11 bits per heavy atom. The summed E-state index contributed by atoms with van der Waals surface area (Å²) in [6, 6.07) is 2.05. The van der Waals surface area contributed by atoms with E-state index >= 15 is 0 Å². The minimum atomic E-state index is -0.793. The number of thiophene rings is 1. The molecule has 0 radical (unpaired) electrons. The molecule has 1 saturated carbocycles. The Hall–Kier alpha value is -0.990. The molecule has 1 aliphatic carbocycles. The molecule has 5 nitrogen and oxygen atoms in total. The van der Waals surface area contributed by atoms with Crippen LogP contribution in [0.1, 0.15) is 43.4 Å². The summed E-state index contributed by atoms with van der Waals surface area (Å²) in [6.45, 7) is 0. The highest BCUT2D eigenvalue weighted by Crippen LogP contribution is 2.36. The summed E-state index contributed by atoms with van der Waals surface area (Å²) >= 11 is 5.08. The number of unbranched alkanes of at least 4 members (excludes halogenated alkanes) is 1. The van der Waals surface area contributed by atoms with Gasteiger partial charge in [-0.1, -0.05) is 24.3 Å². The van der Waals surface area contributed by atoms with E-state index in [1.54, 1.807) is 17.4 Å². The molecule has 4 N–H and O–H groups in total. The Morgan fingerprint density at radius 3 is 2.79 bits per heavy atom. The van der Waals surface area contributed by atoms with Gasteiger partial charge in [0.05, 0.1) is 18.3 Å². The number of aliphatic hydroxyl groups excluding tert-OH is 3. The van der Waals surface area contributed by atoms with E-state index in [9.17, 15) is 20.1 Å². The zero-order valence-electron chi connectivity index (χ0n) is 15.8. The van der Waals surface area contributed by atoms with Gasteiger partial charge in [0.1, 0.15) is 0 Å². The molecule has 0 unspecified atom stereocenters. The van der Waals surface area contributed by atoms with Crippen molar-refractivity contribution < 1.29 is 25.2 Å². The van der Waals surface area contributed by atoms with Crippen molar-refractivity contribution in [1.82, 2.24) is 0 Å². The highest BCUT2D eigenvalue weighted by Gasteiger charge is 2.39. The minimum absolute atomic E-state index is 0.0950. The van der Waals surface area contributed by atoms with Crippen LogP contribution in [-0.4, -0.2) is 44.7 Å². The van der Waals surface area contributed by atoms with Gasteiger partial charge in [-0.3, -0.25) is 4.79 Å². The molecule has 0 aliphatic heterocycles. The number of rotatable bonds is 11. The van der Waals surface area contributed by atoms with Gasteiger partial charge in [0.25, 0.3) is 0 Å². The molecule has 156 valence electrons. The van der Waals surface area contributed by atoms with Crippen molar-refractivity contribution in [3.05, 3.63) is 45.1 Å². The van der Waals surface area contributed by atoms with Gasteiger partial charge in [0, 0.05) is 33.5 Å². The van der Waals surface area contributed by atoms with Crippen LogP contribution in [0.4, 0.5) is 0 Å². The maximum atomic E-state index is 10.5. The van der Waals surface area contributed by atoms with Crippen LogP contribution in [0.15, 0.2) is 40.2 Å². The molecule has 0 aromatic carbocycles. The number of carboxylic acid groups (broad SMARTS) is 1. The van der Waals surface area contributed by atoms with Crippen LogP contribution in [0, 0.1) is 11.8 Å². The predicted molar refractivity (Wildman–Crippen MR) is 114 cm³/mol. The average Bonchev–Trinajstić information content (AvgIpc) is 3.16. The topological polar surface area (TPSA) is 98.0 Å². The number of aryl methyl sites for hydroxylation is 1. The second-order valence-electron chi connectivity index (χ2n) is 7.33. The molecule has 1 aliphatic rings. The van der Waals surface area contributed by atoms with Crippen molar-refractivity contribution in [1.29, 1.82) is 0 Å². The lowest BCUT2D eigenvalue weighted by Gasteiger charge is -2.19. The molecule has 0 bridgehead atoms. The zero-order valence-corrected chi connectivity index (χ0v) is 18.2. The fraction of sp³-hybridized carbons (Fsp3) is 0.571. The number of allylic oxidation sites excluding steroid dienone is 2. The largest absolute Gasteiger partial charge is 0.481 e. The van der Waals surface area contributed by atoms with Crippen molar-refractivity contribution in [2.24, 2.45) is 11.8 Å². The first-order valence-corrected chi connectivity index (χ1v) is 11.4. The monoisotopic (exact) mass is 472 g/mol. The van der Waals surface area contributed by atoms with Crippen molar-refractivity contribution in [2.75, 3.05) is 0 Å². The molecule has 0 amide bonds. The fourth-order valence-electron chi connectivity index (χ4n) is 3.58. The van der Waals surface area contributed by atoms with E-state index < -0.39 is 24.3 Å². The molecule has 1 aromatic rings. The molecule has 1 heterocycles. The molecule has 0 saturated heterocycles. The number of hydrogen-bond donors (Lipinski definition) is 4. The molecule has 1 fully saturated rings. The Balaban J connectivity index is 1.81. The van der Waals surface area contributed by atoms with E-state index in [4.69, 9.17) is 5.11 Å². The van der Waals surface area contributed by atoms with E-state index in [0.29, 0.717) is 32.1 Å². The van der Waals surface area contributed by atoms with Crippen LogP contribution < -0.4 is 0 Å². The summed E-state index contributed by atoms with van der Waals surface area (Å²) in [4.78, 5) is 11.7. The van der Waals surface area contributed by atoms with Gasteiger partial charge in [-0.05, 0) is 60.0 Å². The third kappa shape index (κ3) is 7.79. The van der Waals surface area contributed by atoms with Gasteiger partial charge in [0.15, 0.2) is 0 Å². The maximum absolute atomic E-state index is 10.5. The highest BCUT2D eigenvalue weighted by atomic mass is 79.9. The molecule has 1 aromatic heterocycles. The lowest BCUT2D eigenvalue weighted by molar-refractivity contribution is -0.137. The maximum Gasteiger partial charge on any atom is 0.303 e. The number of hydrogen-bond acceptors (Lipinski definition) is 5. The van der Waals surface area contributed by atoms with Gasteiger partial charge in [-0.15, -0.1) is 11.3 Å². The van der Waals surface area contributed by atoms with E-state index in [1.165, 1.54) is 4.88 Å². The van der Waals surface area contributed by atoms with Crippen LogP contribution in [0.25, 0.3) is 0 Å². The van der Waals surface area contributed by atoms with Gasteiger partial charge < -0.3 is 20.4 Å². The quantitative estimate of drug-likeness (QED) is 0.289. The Bertz CT molecular complexity index is 672. The molecule has 5 atom stereocenters. The Labute approximate surface area is 178 Å². The summed E-state index contributed by atoms with van der Waals surface area (Å²) in [6.07, 6.45) is 9.51. The number of carboxylic acids is 1. The second-order valence-corrected chi connectivity index (χ2v) is 9.24. The van der Waals surface area contributed by atoms with Gasteiger partial charge in [-0.25, -0.2) is 0 Å². The molecule has 0 spiro atoms. The predicted octanol–water partition coefficient (Wildman–Crippen LogP) is 3.92. The molecule has 2 rings (SSSR count). The summed E-state index contributed by atoms with van der Waals surface area (Å²) in [5, 5.41) is 41.4. The van der Waals surface area contributed by atoms with Gasteiger partial charge >= 0.3 is 5.97 Å². The first-order chi connectivity index (χ1) is 13.4. The summed E-state index contributed by atoms with van der Waals surface area (Å²) in [5.41, 5.74) is 0. The standard InChI is InChI=1S/C21H29BrO5S/c22-14-11-16(28-13-14)9-7-15(23)8-10-18-17(19(24)12-20(18)25)5-3-1-2-4-6-21(26)27/h1,3,8,10-11,13,15,17-20,23-25H,2,4-7,9,12H2,(H,26,27)/t15-,17+,18+,19-,20+/m0/s1. The second kappa shape index (κ2) is 11.9. The van der Waals surface area contributed by atoms with Crippen molar-refractivity contribution in [3.8, 4) is 0 Å². The van der Waals surface area contributed by atoms with E-state index in [0.717, 1.165) is 10.9 Å². The normalized spacial score (nSPS) is 26.4. The average molecular weight is 473 g/mol. The Morgan fingerprint density at radius 1 is 1.32 bits per heavy atom. The summed E-state index contributed by atoms with van der Waals surface area (Å²) < 4.78 is 1.06. The number of halogens is 1. The number of carbonyl (C=O) groups is 1. The molecular weight excluding hydrogens is 444 g/mol. The van der Waals surface area contributed by atoms with Crippen molar-refractivity contribution in [2.45, 2.75) is 63.3 Å². The number of aliphatic carboxylic acids is 1. The third-order valence-electron chi connectivity index (χ3n) is 5.12. The summed E-state index contributed by atoms with van der Waals surface area (Å²) in [7, 11) is 0. The van der Waals surface area contributed by atoms with E-state index in [2.05, 4.69) is 22.0 Å². The van der Waals surface area contributed by atoms with Crippen LogP contribution in [0.3, 0.4) is 0 Å². The highest BCUT2D eigenvalue weighted by molar-refractivity contribution is 9.10.